The van der Waals surface area contributed by atoms with Crippen molar-refractivity contribution in [3.8, 4) is 0 Å². The lowest BCUT2D eigenvalue weighted by molar-refractivity contribution is -0.118. The summed E-state index contributed by atoms with van der Waals surface area (Å²) < 4.78 is 0. The summed E-state index contributed by atoms with van der Waals surface area (Å²) in [6, 6.07) is 10.5. The summed E-state index contributed by atoms with van der Waals surface area (Å²) >= 11 is 0. The maximum atomic E-state index is 12.3. The van der Waals surface area contributed by atoms with Crippen LogP contribution in [0.4, 0.5) is 0 Å². The first-order valence-corrected chi connectivity index (χ1v) is 7.01. The highest BCUT2D eigenvalue weighted by molar-refractivity contribution is 5.94. The van der Waals surface area contributed by atoms with Crippen molar-refractivity contribution in [3.63, 3.8) is 0 Å². The summed E-state index contributed by atoms with van der Waals surface area (Å²) in [5.41, 5.74) is 3.35. The zero-order valence-electron chi connectivity index (χ0n) is 11.3. The van der Waals surface area contributed by atoms with E-state index in [2.05, 4.69) is 22.8 Å². The Morgan fingerprint density at radius 2 is 1.95 bits per heavy atom. The monoisotopic (exact) mass is 256 g/mol. The number of rotatable bonds is 4. The Kier molecular flexibility index (Phi) is 3.38. The zero-order valence-corrected chi connectivity index (χ0v) is 11.3. The summed E-state index contributed by atoms with van der Waals surface area (Å²) in [5.74, 6) is 0.709. The van der Waals surface area contributed by atoms with Gasteiger partial charge in [-0.15, -0.1) is 0 Å². The smallest absolute Gasteiger partial charge is 0.247 e. The van der Waals surface area contributed by atoms with E-state index in [9.17, 15) is 4.79 Å². The summed E-state index contributed by atoms with van der Waals surface area (Å²) in [5, 5.41) is 6.40. The quantitative estimate of drug-likeness (QED) is 0.811. The second kappa shape index (κ2) is 5.17. The van der Waals surface area contributed by atoms with Crippen LogP contribution >= 0.6 is 0 Å². The Hall–Kier alpha value is -1.61. The topological polar surface area (TPSA) is 41.1 Å². The van der Waals surface area contributed by atoms with Crippen LogP contribution in [0.1, 0.15) is 31.4 Å². The largest absolute Gasteiger partial charge is 0.345 e. The molecule has 1 atom stereocenters. The van der Waals surface area contributed by atoms with Crippen molar-refractivity contribution in [2.24, 2.45) is 5.92 Å². The second-order valence-electron chi connectivity index (χ2n) is 5.53. The highest BCUT2D eigenvalue weighted by atomic mass is 16.1. The van der Waals surface area contributed by atoms with Crippen LogP contribution in [-0.4, -0.2) is 19.0 Å². The fraction of sp³-hybridized carbons (Fsp3) is 0.438. The Balaban J connectivity index is 1.74. The molecule has 1 aliphatic carbocycles. The van der Waals surface area contributed by atoms with E-state index in [4.69, 9.17) is 0 Å². The summed E-state index contributed by atoms with van der Waals surface area (Å²) in [6.07, 6.45) is 2.44. The van der Waals surface area contributed by atoms with Crippen molar-refractivity contribution in [3.05, 3.63) is 47.0 Å². The van der Waals surface area contributed by atoms with Gasteiger partial charge in [-0.2, -0.15) is 0 Å². The molecular weight excluding hydrogens is 236 g/mol. The lowest BCUT2D eigenvalue weighted by atomic mass is 10.00. The number of carbonyl (C=O) groups is 1. The molecule has 1 aliphatic heterocycles. The summed E-state index contributed by atoms with van der Waals surface area (Å²) in [7, 11) is 0. The molecule has 19 heavy (non-hydrogen) atoms. The van der Waals surface area contributed by atoms with Gasteiger partial charge in [0.25, 0.3) is 0 Å². The minimum absolute atomic E-state index is 0.0947. The predicted molar refractivity (Wildman–Crippen MR) is 75.6 cm³/mol. The van der Waals surface area contributed by atoms with Crippen LogP contribution in [0, 0.1) is 5.92 Å². The minimum Gasteiger partial charge on any atom is -0.345 e. The molecular formula is C16H20N2O. The van der Waals surface area contributed by atoms with E-state index >= 15 is 0 Å². The van der Waals surface area contributed by atoms with Gasteiger partial charge in [-0.05, 0) is 36.8 Å². The van der Waals surface area contributed by atoms with E-state index in [0.29, 0.717) is 5.92 Å². The minimum atomic E-state index is 0.0947. The maximum absolute atomic E-state index is 12.3. The lowest BCUT2D eigenvalue weighted by Crippen LogP contribution is -2.38. The Morgan fingerprint density at radius 1 is 1.26 bits per heavy atom. The van der Waals surface area contributed by atoms with E-state index in [0.717, 1.165) is 18.7 Å². The van der Waals surface area contributed by atoms with Gasteiger partial charge in [0.15, 0.2) is 0 Å². The first-order valence-electron chi connectivity index (χ1n) is 7.01. The van der Waals surface area contributed by atoms with Crippen molar-refractivity contribution in [1.82, 2.24) is 10.6 Å². The molecule has 2 aliphatic rings. The van der Waals surface area contributed by atoms with Crippen LogP contribution < -0.4 is 10.6 Å². The van der Waals surface area contributed by atoms with Crippen LogP contribution in [0.25, 0.3) is 0 Å². The number of hydrogen-bond donors (Lipinski definition) is 2. The molecule has 0 spiro atoms. The average molecular weight is 256 g/mol. The van der Waals surface area contributed by atoms with Crippen molar-refractivity contribution in [1.29, 1.82) is 0 Å². The Morgan fingerprint density at radius 3 is 2.47 bits per heavy atom. The van der Waals surface area contributed by atoms with Crippen LogP contribution in [0.5, 0.6) is 0 Å². The third kappa shape index (κ3) is 2.71. The molecule has 1 amide bonds. The van der Waals surface area contributed by atoms with Crippen LogP contribution in [0.2, 0.25) is 0 Å². The first kappa shape index (κ1) is 12.4. The fourth-order valence-electron chi connectivity index (χ4n) is 2.49. The van der Waals surface area contributed by atoms with Gasteiger partial charge in [0.05, 0.1) is 6.04 Å². The molecule has 0 bridgehead atoms. The van der Waals surface area contributed by atoms with Crippen LogP contribution in [-0.2, 0) is 4.79 Å². The normalized spacial score (nSPS) is 19.5. The summed E-state index contributed by atoms with van der Waals surface area (Å²) in [4.78, 5) is 12.3. The number of amides is 1. The molecule has 3 nitrogen and oxygen atoms in total. The zero-order chi connectivity index (χ0) is 13.2. The number of carbonyl (C=O) groups excluding carboxylic acids is 1. The lowest BCUT2D eigenvalue weighted by Gasteiger charge is -2.24. The molecule has 1 heterocycles. The SMILES string of the molecule is CC(C(=O)NC(c1ccccc1)C1CC1)=C1CNC1. The molecule has 2 N–H and O–H groups in total. The highest BCUT2D eigenvalue weighted by Crippen LogP contribution is 2.41. The van der Waals surface area contributed by atoms with Gasteiger partial charge in [-0.1, -0.05) is 30.3 Å². The maximum Gasteiger partial charge on any atom is 0.247 e. The third-order valence-electron chi connectivity index (χ3n) is 4.09. The fourth-order valence-corrected chi connectivity index (χ4v) is 2.49. The van der Waals surface area contributed by atoms with Gasteiger partial charge >= 0.3 is 0 Å². The van der Waals surface area contributed by atoms with Crippen LogP contribution in [0.3, 0.4) is 0 Å². The van der Waals surface area contributed by atoms with Gasteiger partial charge in [0, 0.05) is 18.7 Å². The molecule has 2 fully saturated rings. The van der Waals surface area contributed by atoms with Crippen LogP contribution in [0.15, 0.2) is 41.5 Å². The molecule has 1 saturated heterocycles. The molecule has 1 aromatic carbocycles. The number of benzene rings is 1. The Bertz CT molecular complexity index is 497. The van der Waals surface area contributed by atoms with Gasteiger partial charge in [-0.25, -0.2) is 0 Å². The van der Waals surface area contributed by atoms with E-state index < -0.39 is 0 Å². The van der Waals surface area contributed by atoms with E-state index in [1.165, 1.54) is 24.0 Å². The number of nitrogens with one attached hydrogen (secondary N) is 2. The first-order chi connectivity index (χ1) is 9.25. The number of hydrogen-bond acceptors (Lipinski definition) is 2. The average Bonchev–Trinajstić information content (AvgIpc) is 3.18. The van der Waals surface area contributed by atoms with Gasteiger partial charge < -0.3 is 10.6 Å². The predicted octanol–water partition coefficient (Wildman–Crippen LogP) is 2.17. The van der Waals surface area contributed by atoms with E-state index in [-0.39, 0.29) is 11.9 Å². The van der Waals surface area contributed by atoms with E-state index in [1.807, 2.05) is 25.1 Å². The highest BCUT2D eigenvalue weighted by Gasteiger charge is 2.33. The molecule has 1 aromatic rings. The van der Waals surface area contributed by atoms with Crippen molar-refractivity contribution in [2.45, 2.75) is 25.8 Å². The Labute approximate surface area is 114 Å². The van der Waals surface area contributed by atoms with Crippen molar-refractivity contribution < 1.29 is 4.79 Å². The molecule has 1 saturated carbocycles. The standard InChI is InChI=1S/C16H20N2O/c1-11(14-9-17-10-14)16(19)18-15(13-7-8-13)12-5-3-2-4-6-12/h2-6,13,15,17H,7-10H2,1H3,(H,18,19). The molecule has 3 heteroatoms. The second-order valence-corrected chi connectivity index (χ2v) is 5.53. The van der Waals surface area contributed by atoms with E-state index in [1.54, 1.807) is 0 Å². The third-order valence-corrected chi connectivity index (χ3v) is 4.09. The summed E-state index contributed by atoms with van der Waals surface area (Å²) in [6.45, 7) is 3.65. The molecule has 1 unspecified atom stereocenters. The molecule has 0 radical (unpaired) electrons. The molecule has 100 valence electrons. The molecule has 0 aromatic heterocycles. The molecule has 3 rings (SSSR count). The van der Waals surface area contributed by atoms with Crippen molar-refractivity contribution >= 4 is 5.91 Å². The van der Waals surface area contributed by atoms with Gasteiger partial charge in [0.2, 0.25) is 5.91 Å². The van der Waals surface area contributed by atoms with Gasteiger partial charge in [-0.3, -0.25) is 4.79 Å². The van der Waals surface area contributed by atoms with Gasteiger partial charge in [0.1, 0.15) is 0 Å². The van der Waals surface area contributed by atoms with Crippen molar-refractivity contribution in [2.75, 3.05) is 13.1 Å².